The Labute approximate surface area is 77.7 Å². The van der Waals surface area contributed by atoms with Gasteiger partial charge in [-0.1, -0.05) is 52.4 Å². The molecule has 0 aliphatic carbocycles. The molecule has 0 bridgehead atoms. The summed E-state index contributed by atoms with van der Waals surface area (Å²) in [5.41, 5.74) is 5.41. The van der Waals surface area contributed by atoms with Gasteiger partial charge in [-0.15, -0.1) is 0 Å². The summed E-state index contributed by atoms with van der Waals surface area (Å²) in [6.45, 7) is 5.47. The van der Waals surface area contributed by atoms with E-state index >= 15 is 0 Å². The van der Waals surface area contributed by atoms with Crippen molar-refractivity contribution in [2.75, 3.05) is 6.54 Å². The third kappa shape index (κ3) is 9.96. The molecule has 12 heavy (non-hydrogen) atoms. The molecule has 0 saturated carbocycles. The average molecular weight is 171 g/mol. The molecule has 0 spiro atoms. The second-order valence-corrected chi connectivity index (χ2v) is 4.09. The molecule has 1 heteroatoms. The fraction of sp³-hybridized carbons (Fsp3) is 1.00. The van der Waals surface area contributed by atoms with Crippen molar-refractivity contribution >= 4 is 0 Å². The SMILES string of the molecule is CC(C)CCCCCCCCN. The number of unbranched alkanes of at least 4 members (excludes halogenated alkanes) is 5. The van der Waals surface area contributed by atoms with Gasteiger partial charge in [-0.3, -0.25) is 0 Å². The highest BCUT2D eigenvalue weighted by molar-refractivity contribution is 4.48. The summed E-state index contributed by atoms with van der Waals surface area (Å²) in [7, 11) is 0. The number of rotatable bonds is 8. The van der Waals surface area contributed by atoms with E-state index < -0.39 is 0 Å². The van der Waals surface area contributed by atoms with Crippen LogP contribution in [0.1, 0.15) is 58.8 Å². The van der Waals surface area contributed by atoms with E-state index in [1.807, 2.05) is 0 Å². The number of nitrogens with two attached hydrogens (primary N) is 1. The van der Waals surface area contributed by atoms with E-state index in [9.17, 15) is 0 Å². The zero-order valence-corrected chi connectivity index (χ0v) is 8.81. The highest BCUT2D eigenvalue weighted by Crippen LogP contribution is 2.10. The molecule has 0 rings (SSSR count). The second-order valence-electron chi connectivity index (χ2n) is 4.09. The van der Waals surface area contributed by atoms with Gasteiger partial charge in [0.2, 0.25) is 0 Å². The lowest BCUT2D eigenvalue weighted by Gasteiger charge is -2.03. The smallest absolute Gasteiger partial charge is 0.00773 e. The van der Waals surface area contributed by atoms with Gasteiger partial charge in [-0.2, -0.15) is 0 Å². The van der Waals surface area contributed by atoms with Gasteiger partial charge in [-0.25, -0.2) is 0 Å². The van der Waals surface area contributed by atoms with Crippen LogP contribution in [0.15, 0.2) is 0 Å². The van der Waals surface area contributed by atoms with E-state index in [0.717, 1.165) is 12.5 Å². The van der Waals surface area contributed by atoms with E-state index in [2.05, 4.69) is 13.8 Å². The van der Waals surface area contributed by atoms with Crippen LogP contribution in [-0.4, -0.2) is 6.54 Å². The second kappa shape index (κ2) is 9.05. The molecule has 0 aromatic heterocycles. The molecule has 0 amide bonds. The van der Waals surface area contributed by atoms with E-state index in [1.165, 1.54) is 44.9 Å². The van der Waals surface area contributed by atoms with Crippen LogP contribution in [0.5, 0.6) is 0 Å². The first-order chi connectivity index (χ1) is 5.77. The van der Waals surface area contributed by atoms with Crippen molar-refractivity contribution in [1.29, 1.82) is 0 Å². The minimum Gasteiger partial charge on any atom is -0.330 e. The molecule has 2 N–H and O–H groups in total. The van der Waals surface area contributed by atoms with E-state index in [-0.39, 0.29) is 0 Å². The van der Waals surface area contributed by atoms with Gasteiger partial charge in [0.15, 0.2) is 0 Å². The first kappa shape index (κ1) is 12.0. The van der Waals surface area contributed by atoms with Crippen LogP contribution in [-0.2, 0) is 0 Å². The Kier molecular flexibility index (Phi) is 9.02. The van der Waals surface area contributed by atoms with Crippen molar-refractivity contribution in [1.82, 2.24) is 0 Å². The summed E-state index contributed by atoms with van der Waals surface area (Å²) in [5.74, 6) is 0.883. The number of hydrogen-bond acceptors (Lipinski definition) is 1. The summed E-state index contributed by atoms with van der Waals surface area (Å²) in [6.07, 6.45) is 9.57. The molecule has 0 saturated heterocycles. The Morgan fingerprint density at radius 1 is 0.833 bits per heavy atom. The third-order valence-corrected chi connectivity index (χ3v) is 2.24. The molecule has 0 fully saturated rings. The average Bonchev–Trinajstić information content (AvgIpc) is 2.02. The summed E-state index contributed by atoms with van der Waals surface area (Å²) in [5, 5.41) is 0. The van der Waals surface area contributed by atoms with Gasteiger partial charge in [0, 0.05) is 0 Å². The molecule has 0 aliphatic rings. The van der Waals surface area contributed by atoms with Crippen molar-refractivity contribution in [3.63, 3.8) is 0 Å². The molecule has 74 valence electrons. The predicted molar refractivity (Wildman–Crippen MR) is 56.2 cm³/mol. The van der Waals surface area contributed by atoms with Crippen LogP contribution in [0.3, 0.4) is 0 Å². The maximum Gasteiger partial charge on any atom is -0.00773 e. The maximum absolute atomic E-state index is 5.41. The first-order valence-electron chi connectivity index (χ1n) is 5.47. The summed E-state index contributed by atoms with van der Waals surface area (Å²) < 4.78 is 0. The lowest BCUT2D eigenvalue weighted by Crippen LogP contribution is -1.97. The van der Waals surface area contributed by atoms with E-state index in [4.69, 9.17) is 5.73 Å². The molecule has 0 radical (unpaired) electrons. The zero-order chi connectivity index (χ0) is 9.23. The van der Waals surface area contributed by atoms with Gasteiger partial charge in [0.05, 0.1) is 0 Å². The third-order valence-electron chi connectivity index (χ3n) is 2.24. The van der Waals surface area contributed by atoms with Gasteiger partial charge < -0.3 is 5.73 Å². The predicted octanol–water partition coefficient (Wildman–Crippen LogP) is 3.33. The van der Waals surface area contributed by atoms with Crippen LogP contribution in [0.2, 0.25) is 0 Å². The van der Waals surface area contributed by atoms with Gasteiger partial charge in [-0.05, 0) is 18.9 Å². The molecule has 0 aromatic rings. The van der Waals surface area contributed by atoms with E-state index in [0.29, 0.717) is 0 Å². The fourth-order valence-electron chi connectivity index (χ4n) is 1.40. The van der Waals surface area contributed by atoms with Crippen molar-refractivity contribution in [3.8, 4) is 0 Å². The van der Waals surface area contributed by atoms with Gasteiger partial charge >= 0.3 is 0 Å². The summed E-state index contributed by atoms with van der Waals surface area (Å²) >= 11 is 0. The zero-order valence-electron chi connectivity index (χ0n) is 8.81. The molecule has 1 nitrogen and oxygen atoms in total. The molecule has 0 heterocycles. The molecule has 0 aliphatic heterocycles. The standard InChI is InChI=1S/C11H25N/c1-11(2)9-7-5-3-4-6-8-10-12/h11H,3-10,12H2,1-2H3. The van der Waals surface area contributed by atoms with Crippen LogP contribution < -0.4 is 5.73 Å². The van der Waals surface area contributed by atoms with Crippen molar-refractivity contribution in [2.24, 2.45) is 11.7 Å². The highest BCUT2D eigenvalue weighted by atomic mass is 14.5. The summed E-state index contributed by atoms with van der Waals surface area (Å²) in [4.78, 5) is 0. The molecule has 0 aromatic carbocycles. The Bertz CT molecular complexity index is 79.1. The molecular formula is C11H25N. The van der Waals surface area contributed by atoms with Crippen LogP contribution in [0, 0.1) is 5.92 Å². The molecule has 0 unspecified atom stereocenters. The Balaban J connectivity index is 2.82. The topological polar surface area (TPSA) is 26.0 Å². The maximum atomic E-state index is 5.41. The largest absolute Gasteiger partial charge is 0.330 e. The number of hydrogen-bond donors (Lipinski definition) is 1. The van der Waals surface area contributed by atoms with Crippen molar-refractivity contribution in [2.45, 2.75) is 58.8 Å². The summed E-state index contributed by atoms with van der Waals surface area (Å²) in [6, 6.07) is 0. The lowest BCUT2D eigenvalue weighted by molar-refractivity contribution is 0.512. The minimum absolute atomic E-state index is 0.867. The van der Waals surface area contributed by atoms with Crippen molar-refractivity contribution in [3.05, 3.63) is 0 Å². The molecule has 0 atom stereocenters. The van der Waals surface area contributed by atoms with Gasteiger partial charge in [0.25, 0.3) is 0 Å². The van der Waals surface area contributed by atoms with Crippen molar-refractivity contribution < 1.29 is 0 Å². The van der Waals surface area contributed by atoms with Crippen LogP contribution in [0.4, 0.5) is 0 Å². The van der Waals surface area contributed by atoms with Gasteiger partial charge in [0.1, 0.15) is 0 Å². The monoisotopic (exact) mass is 171 g/mol. The highest BCUT2D eigenvalue weighted by Gasteiger charge is 1.93. The van der Waals surface area contributed by atoms with E-state index in [1.54, 1.807) is 0 Å². The lowest BCUT2D eigenvalue weighted by atomic mass is 10.0. The Morgan fingerprint density at radius 3 is 1.83 bits per heavy atom. The first-order valence-corrected chi connectivity index (χ1v) is 5.47. The van der Waals surface area contributed by atoms with Crippen LogP contribution in [0.25, 0.3) is 0 Å². The normalized spacial score (nSPS) is 11.0. The molecular weight excluding hydrogens is 146 g/mol. The quantitative estimate of drug-likeness (QED) is 0.557. The fourth-order valence-corrected chi connectivity index (χ4v) is 1.40. The van der Waals surface area contributed by atoms with Crippen LogP contribution >= 0.6 is 0 Å². The Hall–Kier alpha value is -0.0400. The minimum atomic E-state index is 0.867. The Morgan fingerprint density at radius 2 is 1.33 bits per heavy atom.